The number of rotatable bonds is 1. The predicted octanol–water partition coefficient (Wildman–Crippen LogP) is 2.47. The molecular weight excluding hydrogens is 286 g/mol. The number of fused-ring (bicyclic) bond motifs is 1. The Morgan fingerprint density at radius 3 is 2.94 bits per heavy atom. The lowest BCUT2D eigenvalue weighted by Crippen LogP contribution is -2.43. The highest BCUT2D eigenvalue weighted by Crippen LogP contribution is 2.30. The molecule has 0 radical (unpaired) electrons. The quantitative estimate of drug-likeness (QED) is 0.876. The molecule has 3 rings (SSSR count). The van der Waals surface area contributed by atoms with Crippen molar-refractivity contribution < 1.29 is 0 Å². The highest BCUT2D eigenvalue weighted by molar-refractivity contribution is 9.10. The van der Waals surface area contributed by atoms with Gasteiger partial charge in [0.25, 0.3) is 0 Å². The van der Waals surface area contributed by atoms with Gasteiger partial charge in [0.05, 0.1) is 10.2 Å². The smallest absolute Gasteiger partial charge is 0.186 e. The number of halogens is 1. The molecule has 0 saturated carbocycles. The van der Waals surface area contributed by atoms with Crippen molar-refractivity contribution in [3.8, 4) is 0 Å². The van der Waals surface area contributed by atoms with Crippen LogP contribution >= 0.6 is 27.3 Å². The fourth-order valence-electron chi connectivity index (χ4n) is 1.88. The van der Waals surface area contributed by atoms with Crippen molar-refractivity contribution >= 4 is 42.6 Å². The molecule has 84 valence electrons. The maximum atomic E-state index is 4.67. The summed E-state index contributed by atoms with van der Waals surface area (Å²) >= 11 is 5.27. The Morgan fingerprint density at radius 2 is 2.12 bits per heavy atom. The van der Waals surface area contributed by atoms with E-state index in [1.165, 1.54) is 4.70 Å². The minimum atomic E-state index is 1.06. The van der Waals surface area contributed by atoms with E-state index in [2.05, 4.69) is 43.3 Å². The number of benzene rings is 1. The molecule has 0 unspecified atom stereocenters. The molecule has 3 nitrogen and oxygen atoms in total. The molecule has 5 heteroatoms. The van der Waals surface area contributed by atoms with E-state index in [0.29, 0.717) is 0 Å². The normalized spacial score (nSPS) is 16.9. The first-order valence-electron chi connectivity index (χ1n) is 5.35. The zero-order valence-corrected chi connectivity index (χ0v) is 11.1. The fraction of sp³-hybridized carbons (Fsp3) is 0.364. The van der Waals surface area contributed by atoms with Crippen LogP contribution in [0.4, 0.5) is 5.13 Å². The average Bonchev–Trinajstić information content (AvgIpc) is 2.73. The van der Waals surface area contributed by atoms with Crippen LogP contribution in [0, 0.1) is 0 Å². The molecule has 1 aromatic carbocycles. The van der Waals surface area contributed by atoms with Gasteiger partial charge in [-0.1, -0.05) is 27.3 Å². The molecule has 0 amide bonds. The highest BCUT2D eigenvalue weighted by atomic mass is 79.9. The summed E-state index contributed by atoms with van der Waals surface area (Å²) < 4.78 is 2.37. The van der Waals surface area contributed by atoms with E-state index in [1.54, 1.807) is 11.3 Å². The third kappa shape index (κ3) is 1.95. The largest absolute Gasteiger partial charge is 0.346 e. The third-order valence-electron chi connectivity index (χ3n) is 2.73. The second-order valence-electron chi connectivity index (χ2n) is 3.85. The second kappa shape index (κ2) is 4.31. The Bertz CT molecular complexity index is 505. The number of piperazine rings is 1. The van der Waals surface area contributed by atoms with Gasteiger partial charge in [-0.25, -0.2) is 4.98 Å². The molecule has 2 heterocycles. The van der Waals surface area contributed by atoms with Crippen LogP contribution in [0.5, 0.6) is 0 Å². The van der Waals surface area contributed by atoms with Crippen LogP contribution in [-0.2, 0) is 0 Å². The molecule has 0 spiro atoms. The monoisotopic (exact) mass is 297 g/mol. The van der Waals surface area contributed by atoms with Crippen molar-refractivity contribution in [1.82, 2.24) is 10.3 Å². The maximum Gasteiger partial charge on any atom is 0.186 e. The van der Waals surface area contributed by atoms with Gasteiger partial charge in [-0.2, -0.15) is 0 Å². The average molecular weight is 298 g/mol. The van der Waals surface area contributed by atoms with E-state index in [0.717, 1.165) is 41.3 Å². The van der Waals surface area contributed by atoms with Crippen LogP contribution in [0.2, 0.25) is 0 Å². The summed E-state index contributed by atoms with van der Waals surface area (Å²) in [5.41, 5.74) is 1.10. The number of thiazole rings is 1. The van der Waals surface area contributed by atoms with Crippen molar-refractivity contribution in [2.24, 2.45) is 0 Å². The molecule has 2 aromatic rings. The van der Waals surface area contributed by atoms with Crippen molar-refractivity contribution in [3.05, 3.63) is 22.7 Å². The maximum absolute atomic E-state index is 4.67. The van der Waals surface area contributed by atoms with Gasteiger partial charge in [0.2, 0.25) is 0 Å². The Morgan fingerprint density at radius 1 is 1.31 bits per heavy atom. The molecule has 16 heavy (non-hydrogen) atoms. The number of aromatic nitrogens is 1. The van der Waals surface area contributed by atoms with Gasteiger partial charge < -0.3 is 10.2 Å². The molecule has 1 fully saturated rings. The number of hydrogen-bond acceptors (Lipinski definition) is 4. The molecule has 0 aliphatic carbocycles. The predicted molar refractivity (Wildman–Crippen MR) is 72.4 cm³/mol. The van der Waals surface area contributed by atoms with E-state index in [4.69, 9.17) is 0 Å². The minimum absolute atomic E-state index is 1.06. The van der Waals surface area contributed by atoms with Gasteiger partial charge in [-0.15, -0.1) is 0 Å². The van der Waals surface area contributed by atoms with Crippen molar-refractivity contribution in [1.29, 1.82) is 0 Å². The van der Waals surface area contributed by atoms with E-state index in [-0.39, 0.29) is 0 Å². The van der Waals surface area contributed by atoms with Gasteiger partial charge in [-0.05, 0) is 18.2 Å². The Kier molecular flexibility index (Phi) is 2.83. The van der Waals surface area contributed by atoms with Crippen molar-refractivity contribution in [2.75, 3.05) is 31.1 Å². The first-order chi connectivity index (χ1) is 7.83. The van der Waals surface area contributed by atoms with Crippen LogP contribution in [0.15, 0.2) is 22.7 Å². The lowest BCUT2D eigenvalue weighted by Gasteiger charge is -2.26. The van der Waals surface area contributed by atoms with E-state index in [1.807, 2.05) is 6.07 Å². The second-order valence-corrected chi connectivity index (χ2v) is 5.77. The Labute approximate surface area is 107 Å². The summed E-state index contributed by atoms with van der Waals surface area (Å²) in [6, 6.07) is 6.25. The molecule has 0 bridgehead atoms. The SMILES string of the molecule is Brc1ccc2nc(N3CCNCC3)sc2c1. The van der Waals surface area contributed by atoms with E-state index < -0.39 is 0 Å². The highest BCUT2D eigenvalue weighted by Gasteiger charge is 2.14. The zero-order chi connectivity index (χ0) is 11.0. The number of nitrogens with one attached hydrogen (secondary N) is 1. The molecule has 1 saturated heterocycles. The van der Waals surface area contributed by atoms with Gasteiger partial charge in [0, 0.05) is 30.7 Å². The number of nitrogens with zero attached hydrogens (tertiary/aromatic N) is 2. The Balaban J connectivity index is 1.97. The van der Waals surface area contributed by atoms with Crippen molar-refractivity contribution in [3.63, 3.8) is 0 Å². The standard InChI is InChI=1S/C11H12BrN3S/c12-8-1-2-9-10(7-8)16-11(14-9)15-5-3-13-4-6-15/h1-2,7,13H,3-6H2. The van der Waals surface area contributed by atoms with Crippen LogP contribution in [-0.4, -0.2) is 31.2 Å². The minimum Gasteiger partial charge on any atom is -0.346 e. The Hall–Kier alpha value is -0.650. The lowest BCUT2D eigenvalue weighted by atomic mass is 10.3. The molecule has 1 aromatic heterocycles. The summed E-state index contributed by atoms with van der Waals surface area (Å²) in [7, 11) is 0. The summed E-state index contributed by atoms with van der Waals surface area (Å²) in [6.07, 6.45) is 0. The zero-order valence-electron chi connectivity index (χ0n) is 8.74. The first kappa shape index (κ1) is 10.5. The summed E-state index contributed by atoms with van der Waals surface area (Å²) in [4.78, 5) is 7.03. The third-order valence-corrected chi connectivity index (χ3v) is 4.30. The van der Waals surface area contributed by atoms with Crippen LogP contribution in [0.25, 0.3) is 10.2 Å². The number of hydrogen-bond donors (Lipinski definition) is 1. The molecule has 0 atom stereocenters. The van der Waals surface area contributed by atoms with Gasteiger partial charge >= 0.3 is 0 Å². The lowest BCUT2D eigenvalue weighted by molar-refractivity contribution is 0.588. The molecule has 1 aliphatic rings. The van der Waals surface area contributed by atoms with Gasteiger partial charge in [0.1, 0.15) is 0 Å². The first-order valence-corrected chi connectivity index (χ1v) is 6.96. The van der Waals surface area contributed by atoms with Gasteiger partial charge in [-0.3, -0.25) is 0 Å². The van der Waals surface area contributed by atoms with E-state index in [9.17, 15) is 0 Å². The van der Waals surface area contributed by atoms with Crippen molar-refractivity contribution in [2.45, 2.75) is 0 Å². The topological polar surface area (TPSA) is 28.2 Å². The summed E-state index contributed by atoms with van der Waals surface area (Å²) in [5.74, 6) is 0. The summed E-state index contributed by atoms with van der Waals surface area (Å²) in [5, 5.41) is 4.50. The van der Waals surface area contributed by atoms with Gasteiger partial charge in [0.15, 0.2) is 5.13 Å². The van der Waals surface area contributed by atoms with Crippen LogP contribution < -0.4 is 10.2 Å². The fourth-order valence-corrected chi connectivity index (χ4v) is 3.45. The van der Waals surface area contributed by atoms with E-state index >= 15 is 0 Å². The summed E-state index contributed by atoms with van der Waals surface area (Å²) in [6.45, 7) is 4.22. The molecule has 1 N–H and O–H groups in total. The van der Waals surface area contributed by atoms with Crippen LogP contribution in [0.1, 0.15) is 0 Å². The van der Waals surface area contributed by atoms with Crippen LogP contribution in [0.3, 0.4) is 0 Å². The number of anilines is 1. The molecule has 1 aliphatic heterocycles. The molecular formula is C11H12BrN3S.